The Bertz CT molecular complexity index is 1110. The minimum absolute atomic E-state index is 0.00361. The molecule has 0 unspecified atom stereocenters. The summed E-state index contributed by atoms with van der Waals surface area (Å²) in [5.74, 6) is 0.805. The maximum atomic E-state index is 12.7. The fourth-order valence-electron chi connectivity index (χ4n) is 3.72. The second-order valence-corrected chi connectivity index (χ2v) is 7.22. The summed E-state index contributed by atoms with van der Waals surface area (Å²) in [7, 11) is 1.42. The maximum absolute atomic E-state index is 12.7. The number of ether oxygens (including phenoxy) is 2. The molecule has 2 aromatic heterocycles. The average molecular weight is 428 g/mol. The lowest BCUT2D eigenvalue weighted by Gasteiger charge is -2.20. The van der Waals surface area contributed by atoms with Crippen LogP contribution in [-0.4, -0.2) is 46.7 Å². The molecule has 0 bridgehead atoms. The van der Waals surface area contributed by atoms with Gasteiger partial charge in [-0.1, -0.05) is 6.07 Å². The molecule has 7 nitrogen and oxygen atoms in total. The molecule has 0 radical (unpaired) electrons. The van der Waals surface area contributed by atoms with Gasteiger partial charge in [0.2, 0.25) is 0 Å². The number of pyridine rings is 1. The van der Waals surface area contributed by atoms with Crippen molar-refractivity contribution < 1.29 is 18.3 Å². The molecule has 0 amide bonds. The molecule has 4 rings (SSSR count). The van der Waals surface area contributed by atoms with E-state index in [2.05, 4.69) is 19.6 Å². The van der Waals surface area contributed by atoms with Crippen LogP contribution in [0.4, 0.5) is 8.78 Å². The summed E-state index contributed by atoms with van der Waals surface area (Å²) < 4.78 is 34.7. The number of aromatic amines is 1. The molecular formula is C22H22F2N4O3. The molecule has 31 heavy (non-hydrogen) atoms. The summed E-state index contributed by atoms with van der Waals surface area (Å²) in [4.78, 5) is 26.4. The highest BCUT2D eigenvalue weighted by atomic mass is 19.3. The Morgan fingerprint density at radius 1 is 1.13 bits per heavy atom. The molecule has 3 aromatic rings. The first-order valence-corrected chi connectivity index (χ1v) is 9.90. The minimum atomic E-state index is -2.91. The van der Waals surface area contributed by atoms with Crippen LogP contribution in [0.1, 0.15) is 16.8 Å². The molecule has 0 spiro atoms. The van der Waals surface area contributed by atoms with Crippen LogP contribution in [0.15, 0.2) is 47.5 Å². The van der Waals surface area contributed by atoms with E-state index in [1.165, 1.54) is 13.2 Å². The predicted octanol–water partition coefficient (Wildman–Crippen LogP) is 3.04. The highest BCUT2D eigenvalue weighted by Crippen LogP contribution is 2.30. The van der Waals surface area contributed by atoms with Crippen molar-refractivity contribution >= 4 is 0 Å². The van der Waals surface area contributed by atoms with Crippen molar-refractivity contribution in [1.29, 1.82) is 0 Å². The lowest BCUT2D eigenvalue weighted by molar-refractivity contribution is -0.0512. The van der Waals surface area contributed by atoms with Crippen molar-refractivity contribution in [2.75, 3.05) is 20.2 Å². The molecule has 0 fully saturated rings. The largest absolute Gasteiger partial charge is 0.493 e. The first-order valence-electron chi connectivity index (χ1n) is 9.90. The van der Waals surface area contributed by atoms with Crippen molar-refractivity contribution in [2.45, 2.75) is 26.0 Å². The maximum Gasteiger partial charge on any atom is 0.387 e. The van der Waals surface area contributed by atoms with Crippen molar-refractivity contribution in [3.8, 4) is 22.9 Å². The second-order valence-electron chi connectivity index (χ2n) is 7.22. The predicted molar refractivity (Wildman–Crippen MR) is 110 cm³/mol. The highest BCUT2D eigenvalue weighted by molar-refractivity contribution is 5.54. The molecule has 1 N–H and O–H groups in total. The molecule has 1 aliphatic heterocycles. The number of fused-ring (bicyclic) bond motifs is 1. The topological polar surface area (TPSA) is 80.3 Å². The van der Waals surface area contributed by atoms with Crippen LogP contribution in [-0.2, 0) is 19.4 Å². The third-order valence-electron chi connectivity index (χ3n) is 5.25. The van der Waals surface area contributed by atoms with Gasteiger partial charge in [-0.2, -0.15) is 8.78 Å². The van der Waals surface area contributed by atoms with Gasteiger partial charge in [0.05, 0.1) is 12.8 Å². The highest BCUT2D eigenvalue weighted by Gasteiger charge is 2.20. The molecule has 1 aliphatic rings. The number of alkyl halides is 2. The zero-order chi connectivity index (χ0) is 21.8. The molecule has 0 aliphatic carbocycles. The van der Waals surface area contributed by atoms with Gasteiger partial charge < -0.3 is 14.5 Å². The third kappa shape index (κ3) is 4.88. The van der Waals surface area contributed by atoms with Gasteiger partial charge in [0.15, 0.2) is 11.5 Å². The Kier molecular flexibility index (Phi) is 6.22. The minimum Gasteiger partial charge on any atom is -0.493 e. The number of hydrogen-bond acceptors (Lipinski definition) is 6. The fraction of sp³-hybridized carbons (Fsp3) is 0.318. The van der Waals surface area contributed by atoms with Gasteiger partial charge in [-0.3, -0.25) is 14.7 Å². The zero-order valence-electron chi connectivity index (χ0n) is 17.0. The standard InChI is InChI=1S/C22H22F2N4O3/c1-30-19-12-14(2-3-18(19)31-22(23)24)13-28-10-6-16-17(7-11-28)26-20(27-21(16)29)15-4-8-25-9-5-15/h2-5,8-9,12,22H,6-7,10-11,13H2,1H3,(H,26,27,29). The summed E-state index contributed by atoms with van der Waals surface area (Å²) in [6, 6.07) is 8.54. The molecule has 3 heterocycles. The molecule has 0 saturated heterocycles. The van der Waals surface area contributed by atoms with Gasteiger partial charge >= 0.3 is 6.61 Å². The Hall–Kier alpha value is -3.33. The summed E-state index contributed by atoms with van der Waals surface area (Å²) >= 11 is 0. The number of nitrogens with one attached hydrogen (secondary N) is 1. The van der Waals surface area contributed by atoms with Crippen molar-refractivity contribution in [3.05, 3.63) is 69.9 Å². The van der Waals surface area contributed by atoms with Crippen LogP contribution in [0, 0.1) is 0 Å². The summed E-state index contributed by atoms with van der Waals surface area (Å²) in [5.41, 5.74) is 3.11. The first-order chi connectivity index (χ1) is 15.0. The number of halogens is 2. The molecular weight excluding hydrogens is 406 g/mol. The number of methoxy groups -OCH3 is 1. The third-order valence-corrected chi connectivity index (χ3v) is 5.25. The van der Waals surface area contributed by atoms with E-state index in [4.69, 9.17) is 9.72 Å². The second kappa shape index (κ2) is 9.22. The molecule has 1 aromatic carbocycles. The van der Waals surface area contributed by atoms with E-state index in [9.17, 15) is 13.6 Å². The van der Waals surface area contributed by atoms with E-state index < -0.39 is 6.61 Å². The zero-order valence-corrected chi connectivity index (χ0v) is 17.0. The summed E-state index contributed by atoms with van der Waals surface area (Å²) in [5, 5.41) is 0. The summed E-state index contributed by atoms with van der Waals surface area (Å²) in [6.07, 6.45) is 4.54. The van der Waals surface area contributed by atoms with Crippen LogP contribution < -0.4 is 15.0 Å². The van der Waals surface area contributed by atoms with E-state index in [-0.39, 0.29) is 17.1 Å². The molecule has 0 saturated carbocycles. The van der Waals surface area contributed by atoms with Gasteiger partial charge in [0.1, 0.15) is 5.82 Å². The summed E-state index contributed by atoms with van der Waals surface area (Å²) in [6.45, 7) is -0.915. The van der Waals surface area contributed by atoms with Gasteiger partial charge in [0, 0.05) is 49.6 Å². The van der Waals surface area contributed by atoms with E-state index in [1.54, 1.807) is 24.5 Å². The van der Waals surface area contributed by atoms with E-state index in [1.807, 2.05) is 12.1 Å². The fourth-order valence-corrected chi connectivity index (χ4v) is 3.72. The Morgan fingerprint density at radius 2 is 1.90 bits per heavy atom. The van der Waals surface area contributed by atoms with Crippen molar-refractivity contribution in [3.63, 3.8) is 0 Å². The Labute approximate surface area is 177 Å². The number of nitrogens with zero attached hydrogens (tertiary/aromatic N) is 3. The van der Waals surface area contributed by atoms with E-state index in [0.29, 0.717) is 37.3 Å². The number of hydrogen-bond donors (Lipinski definition) is 1. The lowest BCUT2D eigenvalue weighted by Crippen LogP contribution is -2.26. The van der Waals surface area contributed by atoms with Crippen LogP contribution in [0.25, 0.3) is 11.4 Å². The number of H-pyrrole nitrogens is 1. The monoisotopic (exact) mass is 428 g/mol. The lowest BCUT2D eigenvalue weighted by atomic mass is 10.1. The normalized spacial score (nSPS) is 14.2. The van der Waals surface area contributed by atoms with Crippen molar-refractivity contribution in [1.82, 2.24) is 19.9 Å². The number of aromatic nitrogens is 3. The number of benzene rings is 1. The molecule has 0 atom stereocenters. The van der Waals surface area contributed by atoms with Crippen LogP contribution in [0.2, 0.25) is 0 Å². The van der Waals surface area contributed by atoms with Gasteiger partial charge in [0.25, 0.3) is 5.56 Å². The average Bonchev–Trinajstić information content (AvgIpc) is 2.98. The Balaban J connectivity index is 1.50. The van der Waals surface area contributed by atoms with Crippen LogP contribution in [0.5, 0.6) is 11.5 Å². The Morgan fingerprint density at radius 3 is 2.65 bits per heavy atom. The van der Waals surface area contributed by atoms with Crippen LogP contribution in [0.3, 0.4) is 0 Å². The number of rotatable bonds is 6. The van der Waals surface area contributed by atoms with Gasteiger partial charge in [-0.05, 0) is 36.2 Å². The quantitative estimate of drug-likeness (QED) is 0.650. The van der Waals surface area contributed by atoms with E-state index in [0.717, 1.165) is 23.4 Å². The molecule has 162 valence electrons. The van der Waals surface area contributed by atoms with Crippen molar-refractivity contribution in [2.24, 2.45) is 0 Å². The smallest absolute Gasteiger partial charge is 0.387 e. The SMILES string of the molecule is COc1cc(CN2CCc3nc(-c4ccncc4)[nH]c(=O)c3CC2)ccc1OC(F)F. The first kappa shape index (κ1) is 20.9. The van der Waals surface area contributed by atoms with Gasteiger partial charge in [-0.15, -0.1) is 0 Å². The van der Waals surface area contributed by atoms with Crippen LogP contribution >= 0.6 is 0 Å². The van der Waals surface area contributed by atoms with E-state index >= 15 is 0 Å². The van der Waals surface area contributed by atoms with Gasteiger partial charge in [-0.25, -0.2) is 4.98 Å². The molecule has 9 heteroatoms.